The van der Waals surface area contributed by atoms with Gasteiger partial charge in [-0.15, -0.1) is 0 Å². The molecule has 0 aliphatic rings. The molecule has 2 aromatic rings. The number of ether oxygens (including phenoxy) is 4. The summed E-state index contributed by atoms with van der Waals surface area (Å²) in [7, 11) is 1.36. The Labute approximate surface area is 156 Å². The van der Waals surface area contributed by atoms with E-state index in [-0.39, 0.29) is 30.3 Å². The van der Waals surface area contributed by atoms with Crippen LogP contribution in [0.1, 0.15) is 22.8 Å². The minimum absolute atomic E-state index is 0.0556. The molecular weight excluding hydrogens is 354 g/mol. The van der Waals surface area contributed by atoms with Crippen LogP contribution in [0, 0.1) is 17.0 Å². The van der Waals surface area contributed by atoms with E-state index in [1.54, 1.807) is 13.0 Å². The lowest BCUT2D eigenvalue weighted by Crippen LogP contribution is -2.14. The molecule has 144 valence electrons. The number of nitro groups is 1. The molecule has 0 aromatic heterocycles. The predicted molar refractivity (Wildman–Crippen MR) is 97.8 cm³/mol. The fraction of sp³-hybridized carbons (Fsp3) is 0.316. The van der Waals surface area contributed by atoms with Gasteiger partial charge >= 0.3 is 5.97 Å². The zero-order valence-corrected chi connectivity index (χ0v) is 15.4. The summed E-state index contributed by atoms with van der Waals surface area (Å²) in [6.07, 6.45) is 0. The van der Waals surface area contributed by atoms with Crippen LogP contribution in [0.3, 0.4) is 0 Å². The molecule has 2 rings (SSSR count). The van der Waals surface area contributed by atoms with Crippen LogP contribution < -0.4 is 14.2 Å². The number of carbonyl (C=O) groups is 1. The average molecular weight is 375 g/mol. The number of nitro benzene ring substituents is 1. The highest BCUT2D eigenvalue weighted by atomic mass is 16.6. The molecule has 0 radical (unpaired) electrons. The second kappa shape index (κ2) is 9.42. The Kier molecular flexibility index (Phi) is 6.99. The van der Waals surface area contributed by atoms with Crippen LogP contribution in [0.2, 0.25) is 0 Å². The van der Waals surface area contributed by atoms with Crippen molar-refractivity contribution < 1.29 is 28.7 Å². The van der Waals surface area contributed by atoms with Gasteiger partial charge in [0.2, 0.25) is 0 Å². The van der Waals surface area contributed by atoms with Gasteiger partial charge in [0, 0.05) is 6.07 Å². The highest BCUT2D eigenvalue weighted by Gasteiger charge is 2.25. The molecule has 0 saturated heterocycles. The molecule has 8 heteroatoms. The largest absolute Gasteiger partial charge is 0.493 e. The molecule has 8 nitrogen and oxygen atoms in total. The second-order valence-electron chi connectivity index (χ2n) is 5.51. The number of aryl methyl sites for hydroxylation is 1. The molecule has 0 aliphatic carbocycles. The van der Waals surface area contributed by atoms with Crippen molar-refractivity contribution in [3.63, 3.8) is 0 Å². The van der Waals surface area contributed by atoms with Crippen LogP contribution in [-0.2, 0) is 4.74 Å². The minimum Gasteiger partial charge on any atom is -0.493 e. The predicted octanol–water partition coefficient (Wildman–Crippen LogP) is 3.55. The standard InChI is InChI=1S/C19H21NO7/c1-4-25-18-11-15(16(20(22)23)12-17(18)24-3)19(21)27-9-8-26-14-7-5-6-13(2)10-14/h5-7,10-12H,4,8-9H2,1-3H3. The summed E-state index contributed by atoms with van der Waals surface area (Å²) >= 11 is 0. The molecular formula is C19H21NO7. The molecule has 0 N–H and O–H groups in total. The smallest absolute Gasteiger partial charge is 0.345 e. The fourth-order valence-corrected chi connectivity index (χ4v) is 2.37. The lowest BCUT2D eigenvalue weighted by molar-refractivity contribution is -0.385. The van der Waals surface area contributed by atoms with Gasteiger partial charge in [0.15, 0.2) is 11.5 Å². The van der Waals surface area contributed by atoms with E-state index in [2.05, 4.69) is 0 Å². The maximum atomic E-state index is 12.3. The van der Waals surface area contributed by atoms with Gasteiger partial charge in [0.05, 0.1) is 24.7 Å². The van der Waals surface area contributed by atoms with Crippen molar-refractivity contribution in [1.82, 2.24) is 0 Å². The molecule has 0 aliphatic heterocycles. The number of rotatable bonds is 9. The maximum Gasteiger partial charge on any atom is 0.345 e. The van der Waals surface area contributed by atoms with E-state index >= 15 is 0 Å². The lowest BCUT2D eigenvalue weighted by atomic mass is 10.1. The van der Waals surface area contributed by atoms with Gasteiger partial charge < -0.3 is 18.9 Å². The molecule has 27 heavy (non-hydrogen) atoms. The van der Waals surface area contributed by atoms with Gasteiger partial charge in [-0.05, 0) is 31.5 Å². The summed E-state index contributed by atoms with van der Waals surface area (Å²) in [4.78, 5) is 22.9. The van der Waals surface area contributed by atoms with E-state index in [1.165, 1.54) is 13.2 Å². The number of carbonyl (C=O) groups excluding carboxylic acids is 1. The number of nitrogens with zero attached hydrogens (tertiary/aromatic N) is 1. The van der Waals surface area contributed by atoms with Crippen molar-refractivity contribution in [3.8, 4) is 17.2 Å². The highest BCUT2D eigenvalue weighted by Crippen LogP contribution is 2.35. The number of esters is 1. The Balaban J connectivity index is 2.07. The molecule has 0 saturated carbocycles. The summed E-state index contributed by atoms with van der Waals surface area (Å²) < 4.78 is 21.1. The van der Waals surface area contributed by atoms with Crippen LogP contribution in [0.5, 0.6) is 17.2 Å². The van der Waals surface area contributed by atoms with Crippen LogP contribution >= 0.6 is 0 Å². The molecule has 0 amide bonds. The van der Waals surface area contributed by atoms with E-state index in [0.29, 0.717) is 12.4 Å². The van der Waals surface area contributed by atoms with Gasteiger partial charge in [0.25, 0.3) is 5.69 Å². The van der Waals surface area contributed by atoms with Crippen molar-refractivity contribution in [2.75, 3.05) is 26.9 Å². The molecule has 0 atom stereocenters. The summed E-state index contributed by atoms with van der Waals surface area (Å²) in [6.45, 7) is 4.07. The number of hydrogen-bond acceptors (Lipinski definition) is 7. The molecule has 0 bridgehead atoms. The fourth-order valence-electron chi connectivity index (χ4n) is 2.37. The van der Waals surface area contributed by atoms with Crippen molar-refractivity contribution >= 4 is 11.7 Å². The van der Waals surface area contributed by atoms with Gasteiger partial charge in [-0.2, -0.15) is 0 Å². The van der Waals surface area contributed by atoms with Crippen molar-refractivity contribution in [2.45, 2.75) is 13.8 Å². The average Bonchev–Trinajstić information content (AvgIpc) is 2.65. The molecule has 0 heterocycles. The first-order valence-corrected chi connectivity index (χ1v) is 8.32. The number of methoxy groups -OCH3 is 1. The Morgan fingerprint density at radius 3 is 2.52 bits per heavy atom. The maximum absolute atomic E-state index is 12.3. The van der Waals surface area contributed by atoms with Crippen LogP contribution in [0.4, 0.5) is 5.69 Å². The van der Waals surface area contributed by atoms with Crippen molar-refractivity contribution in [2.24, 2.45) is 0 Å². The quantitative estimate of drug-likeness (QED) is 0.286. The summed E-state index contributed by atoms with van der Waals surface area (Å²) in [5, 5.41) is 11.3. The zero-order chi connectivity index (χ0) is 19.8. The van der Waals surface area contributed by atoms with Gasteiger partial charge in [-0.1, -0.05) is 12.1 Å². The van der Waals surface area contributed by atoms with E-state index in [0.717, 1.165) is 11.6 Å². The SMILES string of the molecule is CCOc1cc(C(=O)OCCOc2cccc(C)c2)c([N+](=O)[O-])cc1OC. The number of benzene rings is 2. The van der Waals surface area contributed by atoms with E-state index in [9.17, 15) is 14.9 Å². The molecule has 2 aromatic carbocycles. The Bertz CT molecular complexity index is 820. The number of hydrogen-bond donors (Lipinski definition) is 0. The molecule has 0 fully saturated rings. The summed E-state index contributed by atoms with van der Waals surface area (Å²) in [5.41, 5.74) is 0.418. The first-order chi connectivity index (χ1) is 13.0. The third kappa shape index (κ3) is 5.34. The Hall–Kier alpha value is -3.29. The van der Waals surface area contributed by atoms with Crippen molar-refractivity contribution in [1.29, 1.82) is 0 Å². The first-order valence-electron chi connectivity index (χ1n) is 8.32. The van der Waals surface area contributed by atoms with Gasteiger partial charge in [-0.3, -0.25) is 10.1 Å². The van der Waals surface area contributed by atoms with Crippen LogP contribution in [-0.4, -0.2) is 37.8 Å². The second-order valence-corrected chi connectivity index (χ2v) is 5.51. The Morgan fingerprint density at radius 1 is 1.11 bits per heavy atom. The first kappa shape index (κ1) is 20.0. The van der Waals surface area contributed by atoms with E-state index in [4.69, 9.17) is 18.9 Å². The summed E-state index contributed by atoms with van der Waals surface area (Å²) in [6, 6.07) is 9.83. The van der Waals surface area contributed by atoms with Gasteiger partial charge in [-0.25, -0.2) is 4.79 Å². The monoisotopic (exact) mass is 375 g/mol. The molecule has 0 spiro atoms. The minimum atomic E-state index is -0.835. The topological polar surface area (TPSA) is 97.1 Å². The lowest BCUT2D eigenvalue weighted by Gasteiger charge is -2.12. The molecule has 0 unspecified atom stereocenters. The van der Waals surface area contributed by atoms with E-state index < -0.39 is 16.6 Å². The third-order valence-corrected chi connectivity index (χ3v) is 3.57. The third-order valence-electron chi connectivity index (χ3n) is 3.57. The van der Waals surface area contributed by atoms with Crippen molar-refractivity contribution in [3.05, 3.63) is 57.6 Å². The Morgan fingerprint density at radius 2 is 1.89 bits per heavy atom. The summed E-state index contributed by atoms with van der Waals surface area (Å²) in [5.74, 6) is 0.217. The highest BCUT2D eigenvalue weighted by molar-refractivity contribution is 5.95. The van der Waals surface area contributed by atoms with Crippen LogP contribution in [0.25, 0.3) is 0 Å². The van der Waals surface area contributed by atoms with Crippen LogP contribution in [0.15, 0.2) is 36.4 Å². The van der Waals surface area contributed by atoms with E-state index in [1.807, 2.05) is 25.1 Å². The van der Waals surface area contributed by atoms with Gasteiger partial charge in [0.1, 0.15) is 24.5 Å². The normalized spacial score (nSPS) is 10.2. The zero-order valence-electron chi connectivity index (χ0n) is 15.4.